The summed E-state index contributed by atoms with van der Waals surface area (Å²) >= 11 is 0. The number of hydrogen-bond donors (Lipinski definition) is 6. The highest BCUT2D eigenvalue weighted by Crippen LogP contribution is 2.36. The van der Waals surface area contributed by atoms with Crippen molar-refractivity contribution in [3.8, 4) is 0 Å². The molecule has 13 nitrogen and oxygen atoms in total. The quantitative estimate of drug-likeness (QED) is 0.140. The third-order valence-corrected chi connectivity index (χ3v) is 13.9. The molecule has 3 fully saturated rings. The number of carbonyl (C=O) groups excluding carboxylic acids is 3. The number of H-pyrrole nitrogens is 1. The van der Waals surface area contributed by atoms with Crippen LogP contribution in [0.5, 0.6) is 0 Å². The monoisotopic (exact) mass is 743 g/mol. The van der Waals surface area contributed by atoms with Gasteiger partial charge >= 0.3 is 0 Å². The van der Waals surface area contributed by atoms with Gasteiger partial charge in [-0.15, -0.1) is 0 Å². The number of benzene rings is 1. The zero-order chi connectivity index (χ0) is 37.5. The van der Waals surface area contributed by atoms with E-state index in [0.717, 1.165) is 44.9 Å². The van der Waals surface area contributed by atoms with Gasteiger partial charge in [0.1, 0.15) is 16.9 Å². The molecule has 0 radical (unpaired) electrons. The van der Waals surface area contributed by atoms with Crippen molar-refractivity contribution in [2.75, 3.05) is 18.8 Å². The molecule has 0 spiro atoms. The average molecular weight is 744 g/mol. The number of sulfone groups is 1. The number of imidazole rings is 1. The molecule has 1 saturated heterocycles. The van der Waals surface area contributed by atoms with Crippen molar-refractivity contribution >= 4 is 27.6 Å². The first-order chi connectivity index (χ1) is 24.7. The lowest BCUT2D eigenvalue weighted by molar-refractivity contribution is -0.135. The Balaban J connectivity index is 1.37. The van der Waals surface area contributed by atoms with Gasteiger partial charge in [-0.25, -0.2) is 13.4 Å². The summed E-state index contributed by atoms with van der Waals surface area (Å²) < 4.78 is 26.3. The molecular weight excluding hydrogens is 687 g/mol. The van der Waals surface area contributed by atoms with Gasteiger partial charge < -0.3 is 35.8 Å². The number of aromatic amines is 1. The van der Waals surface area contributed by atoms with E-state index in [1.54, 1.807) is 24.3 Å². The third-order valence-electron chi connectivity index (χ3n) is 11.3. The average Bonchev–Trinajstić information content (AvgIpc) is 3.86. The molecule has 1 aromatic carbocycles. The van der Waals surface area contributed by atoms with Crippen LogP contribution >= 0.6 is 0 Å². The summed E-state index contributed by atoms with van der Waals surface area (Å²) in [7, 11) is -4.24. The molecule has 14 heteroatoms. The maximum Gasteiger partial charge on any atom is 0.243 e. The van der Waals surface area contributed by atoms with Crippen molar-refractivity contribution in [1.29, 1.82) is 0 Å². The molecule has 3 amide bonds. The minimum atomic E-state index is -4.24. The third kappa shape index (κ3) is 10.4. The SMILES string of the molecule is CC(C)(C(=O)N1CCC(O)CC1)S(=O)(=O)C[C@H](Cc1ccccc1)C(=O)N[C@@H](Cc1cnc[nH]1)C(=O)N[C@@H](CC1CCCCC1)[C@@H](O)[C@@H](O)C1CC1. The molecule has 1 aliphatic heterocycles. The predicted molar refractivity (Wildman–Crippen MR) is 195 cm³/mol. The second-order valence-electron chi connectivity index (χ2n) is 15.7. The van der Waals surface area contributed by atoms with Gasteiger partial charge in [-0.1, -0.05) is 62.4 Å². The van der Waals surface area contributed by atoms with E-state index < -0.39 is 74.4 Å². The summed E-state index contributed by atoms with van der Waals surface area (Å²) in [5.41, 5.74) is 1.28. The number of carbonyl (C=O) groups is 3. The van der Waals surface area contributed by atoms with E-state index in [2.05, 4.69) is 20.6 Å². The van der Waals surface area contributed by atoms with E-state index in [1.165, 1.54) is 31.3 Å². The van der Waals surface area contributed by atoms with Crippen LogP contribution in [0.15, 0.2) is 42.9 Å². The van der Waals surface area contributed by atoms with Crippen LogP contribution in [0.3, 0.4) is 0 Å². The van der Waals surface area contributed by atoms with Gasteiger partial charge in [-0.2, -0.15) is 0 Å². The van der Waals surface area contributed by atoms with E-state index in [1.807, 2.05) is 6.07 Å². The van der Waals surface area contributed by atoms with Crippen molar-refractivity contribution < 1.29 is 38.1 Å². The van der Waals surface area contributed by atoms with Gasteiger partial charge in [-0.3, -0.25) is 14.4 Å². The van der Waals surface area contributed by atoms with Crippen LogP contribution in [-0.4, -0.2) is 110 Å². The van der Waals surface area contributed by atoms with E-state index >= 15 is 0 Å². The summed E-state index contributed by atoms with van der Waals surface area (Å²) in [5.74, 6) is -3.33. The number of aliphatic hydroxyl groups excluding tert-OH is 3. The van der Waals surface area contributed by atoms with Crippen molar-refractivity contribution in [2.45, 2.75) is 126 Å². The molecule has 3 aliphatic rings. The number of rotatable bonds is 17. The van der Waals surface area contributed by atoms with E-state index in [4.69, 9.17) is 0 Å². The zero-order valence-corrected chi connectivity index (χ0v) is 31.3. The topological polar surface area (TPSA) is 202 Å². The van der Waals surface area contributed by atoms with Crippen molar-refractivity contribution in [3.05, 3.63) is 54.1 Å². The Kier molecular flexibility index (Phi) is 13.5. The second kappa shape index (κ2) is 17.7. The number of hydrogen-bond acceptors (Lipinski definition) is 9. The van der Waals surface area contributed by atoms with Crippen LogP contribution in [0.2, 0.25) is 0 Å². The van der Waals surface area contributed by atoms with Gasteiger partial charge in [0.15, 0.2) is 9.84 Å². The molecule has 2 heterocycles. The molecular formula is C38H57N5O8S. The fourth-order valence-corrected chi connectivity index (χ4v) is 9.21. The molecule has 5 rings (SSSR count). The summed E-state index contributed by atoms with van der Waals surface area (Å²) in [4.78, 5) is 50.5. The Bertz CT molecular complexity index is 1570. The number of likely N-dealkylation sites (tertiary alicyclic amines) is 1. The lowest BCUT2D eigenvalue weighted by Crippen LogP contribution is -2.57. The van der Waals surface area contributed by atoms with Crippen LogP contribution < -0.4 is 10.6 Å². The molecule has 0 bridgehead atoms. The predicted octanol–water partition coefficient (Wildman–Crippen LogP) is 2.06. The number of nitrogens with one attached hydrogen (secondary N) is 3. The lowest BCUT2D eigenvalue weighted by atomic mass is 9.82. The van der Waals surface area contributed by atoms with Crippen molar-refractivity contribution in [3.63, 3.8) is 0 Å². The maximum atomic E-state index is 14.3. The summed E-state index contributed by atoms with van der Waals surface area (Å²) in [6, 6.07) is 7.07. The fraction of sp³-hybridized carbons (Fsp3) is 0.684. The first kappa shape index (κ1) is 39.9. The van der Waals surface area contributed by atoms with Crippen LogP contribution in [0, 0.1) is 17.8 Å². The Labute approximate surface area is 307 Å². The van der Waals surface area contributed by atoms with Crippen LogP contribution in [-0.2, 0) is 37.1 Å². The molecule has 1 aromatic heterocycles. The molecule has 2 aliphatic carbocycles. The largest absolute Gasteiger partial charge is 0.393 e. The molecule has 52 heavy (non-hydrogen) atoms. The van der Waals surface area contributed by atoms with E-state index in [-0.39, 0.29) is 37.8 Å². The Morgan fingerprint density at radius 3 is 2.23 bits per heavy atom. The summed E-state index contributed by atoms with van der Waals surface area (Å²) in [6.07, 6.45) is 8.44. The Morgan fingerprint density at radius 2 is 1.62 bits per heavy atom. The zero-order valence-electron chi connectivity index (χ0n) is 30.5. The summed E-state index contributed by atoms with van der Waals surface area (Å²) in [6.45, 7) is 3.20. The van der Waals surface area contributed by atoms with Crippen LogP contribution in [0.1, 0.15) is 89.3 Å². The van der Waals surface area contributed by atoms with Gasteiger partial charge in [-0.05, 0) is 69.8 Å². The molecule has 0 unspecified atom stereocenters. The molecule has 6 N–H and O–H groups in total. The number of amides is 3. The first-order valence-electron chi connectivity index (χ1n) is 18.9. The summed E-state index contributed by atoms with van der Waals surface area (Å²) in [5, 5.41) is 37.9. The second-order valence-corrected chi connectivity index (χ2v) is 18.3. The number of aliphatic hydroxyl groups is 3. The van der Waals surface area contributed by atoms with Gasteiger partial charge in [0.05, 0.1) is 36.2 Å². The number of aromatic nitrogens is 2. The molecule has 5 atom stereocenters. The normalized spacial score (nSPS) is 20.8. The highest BCUT2D eigenvalue weighted by atomic mass is 32.2. The minimum Gasteiger partial charge on any atom is -0.393 e. The fourth-order valence-electron chi connectivity index (χ4n) is 7.60. The minimum absolute atomic E-state index is 0.0143. The lowest BCUT2D eigenvalue weighted by Gasteiger charge is -2.36. The number of nitrogens with zero attached hydrogens (tertiary/aromatic N) is 2. The smallest absolute Gasteiger partial charge is 0.243 e. The van der Waals surface area contributed by atoms with Crippen molar-refractivity contribution in [1.82, 2.24) is 25.5 Å². The van der Waals surface area contributed by atoms with Crippen LogP contribution in [0.25, 0.3) is 0 Å². The van der Waals surface area contributed by atoms with Crippen molar-refractivity contribution in [2.24, 2.45) is 17.8 Å². The molecule has 2 saturated carbocycles. The van der Waals surface area contributed by atoms with Gasteiger partial charge in [0, 0.05) is 31.4 Å². The Morgan fingerprint density at radius 1 is 0.942 bits per heavy atom. The Hall–Kier alpha value is -3.33. The van der Waals surface area contributed by atoms with E-state index in [0.29, 0.717) is 30.5 Å². The maximum absolute atomic E-state index is 14.3. The van der Waals surface area contributed by atoms with E-state index in [9.17, 15) is 38.1 Å². The first-order valence-corrected chi connectivity index (χ1v) is 20.6. The van der Waals surface area contributed by atoms with Crippen LogP contribution in [0.4, 0.5) is 0 Å². The van der Waals surface area contributed by atoms with Gasteiger partial charge in [0.2, 0.25) is 17.7 Å². The van der Waals surface area contributed by atoms with Gasteiger partial charge in [0.25, 0.3) is 0 Å². The number of piperidine rings is 1. The standard InChI is InChI=1S/C38H57N5O8S/c1-38(2,37(49)43-17-15-30(44)16-18-43)52(50,51)23-28(19-25-9-5-3-6-10-25)35(47)42-32(21-29-22-39-24-40-29)36(48)41-31(20-26-11-7-4-8-12-26)34(46)33(45)27-13-14-27/h3,5-6,9-10,22,24,26-28,30-34,44-46H,4,7-8,11-21,23H2,1-2H3,(H,39,40)(H,41,48)(H,42,47)/t28-,31-,32-,33-,34+/m0/s1. The highest BCUT2D eigenvalue weighted by Gasteiger charge is 2.47. The highest BCUT2D eigenvalue weighted by molar-refractivity contribution is 7.93. The molecule has 2 aromatic rings. The molecule has 288 valence electrons.